The van der Waals surface area contributed by atoms with E-state index in [9.17, 15) is 19.5 Å². The van der Waals surface area contributed by atoms with Gasteiger partial charge in [-0.05, 0) is 44.5 Å². The van der Waals surface area contributed by atoms with Crippen molar-refractivity contribution in [2.24, 2.45) is 0 Å². The highest BCUT2D eigenvalue weighted by Gasteiger charge is 2.19. The number of hydrogen-bond acceptors (Lipinski definition) is 7. The van der Waals surface area contributed by atoms with Crippen molar-refractivity contribution in [2.75, 3.05) is 0 Å². The van der Waals surface area contributed by atoms with Gasteiger partial charge >= 0.3 is 11.7 Å². The van der Waals surface area contributed by atoms with Gasteiger partial charge in [0.05, 0.1) is 6.54 Å². The summed E-state index contributed by atoms with van der Waals surface area (Å²) in [5.41, 5.74) is 3.17. The van der Waals surface area contributed by atoms with Crippen molar-refractivity contribution in [1.29, 1.82) is 0 Å². The highest BCUT2D eigenvalue weighted by molar-refractivity contribution is 7.17. The van der Waals surface area contributed by atoms with Gasteiger partial charge in [0.1, 0.15) is 17.3 Å². The number of aromatic amines is 1. The van der Waals surface area contributed by atoms with E-state index in [0.717, 1.165) is 27.1 Å². The molecule has 40 heavy (non-hydrogen) atoms. The van der Waals surface area contributed by atoms with Crippen molar-refractivity contribution in [1.82, 2.24) is 24.1 Å². The Morgan fingerprint density at radius 3 is 2.42 bits per heavy atom. The van der Waals surface area contributed by atoms with E-state index >= 15 is 0 Å². The summed E-state index contributed by atoms with van der Waals surface area (Å²) in [6.07, 6.45) is 1.63. The Balaban J connectivity index is 0.00000181. The molecule has 5 rings (SSSR count). The topological polar surface area (TPSA) is 132 Å². The average molecular weight is 562 g/mol. The highest BCUT2D eigenvalue weighted by atomic mass is 32.1. The molecule has 0 aliphatic carbocycles. The number of nitrogens with one attached hydrogen (secondary N) is 1. The van der Waals surface area contributed by atoms with Gasteiger partial charge in [-0.2, -0.15) is 0 Å². The van der Waals surface area contributed by atoms with Crippen molar-refractivity contribution in [3.63, 3.8) is 0 Å². The fourth-order valence-corrected chi connectivity index (χ4v) is 5.11. The number of nitrogens with zero attached hydrogens (tertiary/aromatic N) is 4. The standard InChI is InChI=1S/C27H25N5O5S.C2H6/c1-4-31-21(14-37-25-16(3)11-18(12-28-25)19-9-10-20(38-19)26(34)35)29-23-22(31)24(33)30-27(36)32(23)13-17-7-5-15(2)6-8-17;1-2/h5-12H,4,13-14H2,1-3H3,(H,34,35)(H,30,33,36);1-2H3. The fourth-order valence-electron chi connectivity index (χ4n) is 4.28. The molecule has 0 radical (unpaired) electrons. The van der Waals surface area contributed by atoms with Crippen LogP contribution in [0.25, 0.3) is 21.6 Å². The van der Waals surface area contributed by atoms with Crippen LogP contribution in [-0.2, 0) is 19.7 Å². The Morgan fingerprint density at radius 2 is 1.80 bits per heavy atom. The van der Waals surface area contributed by atoms with Crippen molar-refractivity contribution in [2.45, 2.75) is 54.3 Å². The summed E-state index contributed by atoms with van der Waals surface area (Å²) in [7, 11) is 0. The second-order valence-corrected chi connectivity index (χ2v) is 9.96. The minimum absolute atomic E-state index is 0.0377. The van der Waals surface area contributed by atoms with Gasteiger partial charge in [0.2, 0.25) is 5.88 Å². The Kier molecular flexibility index (Phi) is 8.64. The second-order valence-electron chi connectivity index (χ2n) is 8.88. The SMILES string of the molecule is CC.CCn1c(COc2ncc(-c3ccc(C(=O)O)s3)cc2C)nc2c1c(=O)[nH]c(=O)n2Cc1ccc(C)cc1. The van der Waals surface area contributed by atoms with E-state index in [1.54, 1.807) is 22.9 Å². The molecule has 0 bridgehead atoms. The lowest BCUT2D eigenvalue weighted by atomic mass is 10.1. The highest BCUT2D eigenvalue weighted by Crippen LogP contribution is 2.30. The smallest absolute Gasteiger partial charge is 0.345 e. The lowest BCUT2D eigenvalue weighted by Gasteiger charge is -2.10. The van der Waals surface area contributed by atoms with Crippen LogP contribution in [0.3, 0.4) is 0 Å². The van der Waals surface area contributed by atoms with Crippen LogP contribution in [0.1, 0.15) is 53.0 Å². The molecule has 0 saturated carbocycles. The maximum absolute atomic E-state index is 12.8. The first-order chi connectivity index (χ1) is 19.2. The van der Waals surface area contributed by atoms with Gasteiger partial charge < -0.3 is 14.4 Å². The third-order valence-electron chi connectivity index (χ3n) is 6.21. The van der Waals surface area contributed by atoms with E-state index in [4.69, 9.17) is 4.74 Å². The average Bonchev–Trinajstić information content (AvgIpc) is 3.58. The van der Waals surface area contributed by atoms with Crippen molar-refractivity contribution in [3.05, 3.63) is 96.9 Å². The zero-order valence-corrected chi connectivity index (χ0v) is 23.8. The number of fused-ring (bicyclic) bond motifs is 1. The van der Waals surface area contributed by atoms with Gasteiger partial charge in [-0.15, -0.1) is 11.3 Å². The third-order valence-corrected chi connectivity index (χ3v) is 7.33. The van der Waals surface area contributed by atoms with Crippen LogP contribution in [-0.4, -0.2) is 35.2 Å². The number of imidazole rings is 1. The van der Waals surface area contributed by atoms with Crippen LogP contribution in [0.5, 0.6) is 5.88 Å². The summed E-state index contributed by atoms with van der Waals surface area (Å²) in [6, 6.07) is 13.0. The molecular formula is C29H31N5O5S. The minimum Gasteiger partial charge on any atom is -0.477 e. The molecule has 4 aromatic heterocycles. The molecule has 0 saturated heterocycles. The molecule has 0 aliphatic heterocycles. The lowest BCUT2D eigenvalue weighted by molar-refractivity contribution is 0.0702. The van der Waals surface area contributed by atoms with Gasteiger partial charge in [0, 0.05) is 28.7 Å². The molecule has 10 nitrogen and oxygen atoms in total. The molecular weight excluding hydrogens is 530 g/mol. The van der Waals surface area contributed by atoms with Crippen LogP contribution in [0, 0.1) is 13.8 Å². The predicted molar refractivity (Wildman–Crippen MR) is 155 cm³/mol. The summed E-state index contributed by atoms with van der Waals surface area (Å²) < 4.78 is 9.18. The fraction of sp³-hybridized carbons (Fsp3) is 0.276. The van der Waals surface area contributed by atoms with E-state index in [1.165, 1.54) is 15.9 Å². The van der Waals surface area contributed by atoms with E-state index in [1.807, 2.05) is 65.0 Å². The zero-order valence-electron chi connectivity index (χ0n) is 23.0. The van der Waals surface area contributed by atoms with E-state index in [0.29, 0.717) is 29.4 Å². The van der Waals surface area contributed by atoms with Crippen LogP contribution in [0.15, 0.2) is 58.3 Å². The summed E-state index contributed by atoms with van der Waals surface area (Å²) >= 11 is 1.18. The maximum atomic E-state index is 12.8. The van der Waals surface area contributed by atoms with Crippen LogP contribution in [0.4, 0.5) is 0 Å². The molecule has 5 aromatic rings. The zero-order chi connectivity index (χ0) is 29.0. The number of ether oxygens (including phenoxy) is 1. The monoisotopic (exact) mass is 561 g/mol. The number of hydrogen-bond donors (Lipinski definition) is 2. The van der Waals surface area contributed by atoms with Crippen molar-refractivity contribution < 1.29 is 14.6 Å². The minimum atomic E-state index is -0.965. The van der Waals surface area contributed by atoms with E-state index in [-0.39, 0.29) is 18.0 Å². The Labute approximate surface area is 234 Å². The van der Waals surface area contributed by atoms with Crippen LogP contribution >= 0.6 is 11.3 Å². The molecule has 0 amide bonds. The van der Waals surface area contributed by atoms with E-state index < -0.39 is 17.2 Å². The first kappa shape index (κ1) is 28.5. The first-order valence-corrected chi connectivity index (χ1v) is 13.8. The number of carbonyl (C=O) groups is 1. The predicted octanol–water partition coefficient (Wildman–Crippen LogP) is 5.00. The molecule has 208 valence electrons. The van der Waals surface area contributed by atoms with Crippen LogP contribution < -0.4 is 16.0 Å². The van der Waals surface area contributed by atoms with Gasteiger partial charge in [0.25, 0.3) is 5.56 Å². The summed E-state index contributed by atoms with van der Waals surface area (Å²) in [5, 5.41) is 9.18. The number of carboxylic acids is 1. The number of thiophene rings is 1. The molecule has 0 fully saturated rings. The van der Waals surface area contributed by atoms with Gasteiger partial charge in [-0.1, -0.05) is 43.7 Å². The molecule has 0 unspecified atom stereocenters. The largest absolute Gasteiger partial charge is 0.477 e. The molecule has 2 N–H and O–H groups in total. The summed E-state index contributed by atoms with van der Waals surface area (Å²) in [6.45, 7) is 10.5. The normalized spacial score (nSPS) is 10.8. The van der Waals surface area contributed by atoms with Crippen LogP contribution in [0.2, 0.25) is 0 Å². The Morgan fingerprint density at radius 1 is 1.07 bits per heavy atom. The summed E-state index contributed by atoms with van der Waals surface area (Å²) in [4.78, 5) is 49.2. The van der Waals surface area contributed by atoms with Gasteiger partial charge in [0.15, 0.2) is 11.2 Å². The molecule has 0 atom stereocenters. The van der Waals surface area contributed by atoms with Gasteiger partial charge in [-0.3, -0.25) is 14.3 Å². The molecule has 11 heteroatoms. The Bertz CT molecular complexity index is 1780. The number of carboxylic acid groups (broad SMARTS) is 1. The number of aromatic carboxylic acids is 1. The maximum Gasteiger partial charge on any atom is 0.345 e. The number of rotatable bonds is 8. The van der Waals surface area contributed by atoms with Crippen molar-refractivity contribution in [3.8, 4) is 16.3 Å². The van der Waals surface area contributed by atoms with Crippen molar-refractivity contribution >= 4 is 28.5 Å². The molecule has 1 aromatic carbocycles. The first-order valence-electron chi connectivity index (χ1n) is 13.0. The molecule has 0 aliphatic rings. The van der Waals surface area contributed by atoms with Gasteiger partial charge in [-0.25, -0.2) is 19.6 Å². The quantitative estimate of drug-likeness (QED) is 0.272. The number of aromatic nitrogens is 5. The number of pyridine rings is 1. The molecule has 4 heterocycles. The number of aryl methyl sites for hydroxylation is 3. The second kappa shape index (κ2) is 12.1. The number of benzene rings is 1. The summed E-state index contributed by atoms with van der Waals surface area (Å²) in [5.74, 6) is -0.0804. The Hall–Kier alpha value is -4.51. The van der Waals surface area contributed by atoms with E-state index in [2.05, 4.69) is 15.0 Å². The third kappa shape index (κ3) is 5.74. The number of H-pyrrole nitrogens is 1. The lowest BCUT2D eigenvalue weighted by Crippen LogP contribution is -2.31. The molecule has 0 spiro atoms.